The Labute approximate surface area is 186 Å². The number of carbonyl (C=O) groups is 3. The summed E-state index contributed by atoms with van der Waals surface area (Å²) in [5.74, 6) is -1.20. The molecule has 31 heavy (non-hydrogen) atoms. The van der Waals surface area contributed by atoms with Crippen LogP contribution in [0.2, 0.25) is 0 Å². The molecule has 1 aliphatic rings. The van der Waals surface area contributed by atoms with E-state index in [-0.39, 0.29) is 30.6 Å². The second-order valence-electron chi connectivity index (χ2n) is 7.68. The van der Waals surface area contributed by atoms with Crippen LogP contribution in [0.25, 0.3) is 0 Å². The normalized spacial score (nSPS) is 14.1. The molecule has 1 heterocycles. The summed E-state index contributed by atoms with van der Waals surface area (Å²) in [6.45, 7) is 3.85. The topological polar surface area (TPSA) is 81.7 Å². The summed E-state index contributed by atoms with van der Waals surface area (Å²) >= 11 is 1.08. The van der Waals surface area contributed by atoms with E-state index < -0.39 is 11.9 Å². The molecule has 0 bridgehead atoms. The van der Waals surface area contributed by atoms with Crippen molar-refractivity contribution in [2.75, 3.05) is 18.5 Å². The molecule has 1 N–H and O–H groups in total. The molecule has 6 nitrogen and oxygen atoms in total. The van der Waals surface area contributed by atoms with Gasteiger partial charge >= 0.3 is 11.9 Å². The smallest absolute Gasteiger partial charge is 0.348 e. The average Bonchev–Trinajstić information content (AvgIpc) is 3.11. The fourth-order valence-electron chi connectivity index (χ4n) is 3.80. The molecular weight excluding hydrogens is 414 g/mol. The highest BCUT2D eigenvalue weighted by Gasteiger charge is 2.29. The molecule has 1 saturated carbocycles. The Balaban J connectivity index is 1.74. The predicted octanol–water partition coefficient (Wildman–Crippen LogP) is 5.15. The lowest BCUT2D eigenvalue weighted by atomic mass is 9.89. The van der Waals surface area contributed by atoms with Crippen LogP contribution in [0.3, 0.4) is 0 Å². The van der Waals surface area contributed by atoms with Crippen molar-refractivity contribution in [3.05, 3.63) is 51.9 Å². The molecule has 1 fully saturated rings. The van der Waals surface area contributed by atoms with Crippen molar-refractivity contribution in [2.45, 2.75) is 52.4 Å². The summed E-state index contributed by atoms with van der Waals surface area (Å²) in [7, 11) is 0. The maximum absolute atomic E-state index is 12.7. The van der Waals surface area contributed by atoms with E-state index in [1.165, 1.54) is 0 Å². The first-order valence-corrected chi connectivity index (χ1v) is 11.6. The number of rotatable bonds is 8. The van der Waals surface area contributed by atoms with Crippen molar-refractivity contribution in [2.24, 2.45) is 5.92 Å². The zero-order valence-electron chi connectivity index (χ0n) is 18.1. The van der Waals surface area contributed by atoms with Crippen molar-refractivity contribution in [3.63, 3.8) is 0 Å². The van der Waals surface area contributed by atoms with Crippen LogP contribution in [-0.4, -0.2) is 31.1 Å². The Morgan fingerprint density at radius 1 is 1.03 bits per heavy atom. The first-order chi connectivity index (χ1) is 15.0. The maximum Gasteiger partial charge on any atom is 0.348 e. The molecule has 0 atom stereocenters. The van der Waals surface area contributed by atoms with Crippen molar-refractivity contribution in [1.29, 1.82) is 0 Å². The van der Waals surface area contributed by atoms with E-state index in [0.29, 0.717) is 21.9 Å². The molecule has 0 spiro atoms. The van der Waals surface area contributed by atoms with Crippen LogP contribution in [-0.2, 0) is 20.7 Å². The largest absolute Gasteiger partial charge is 0.462 e. The fraction of sp³-hybridized carbons (Fsp3) is 0.458. The lowest BCUT2D eigenvalue weighted by molar-refractivity contribution is -0.120. The zero-order valence-corrected chi connectivity index (χ0v) is 18.9. The van der Waals surface area contributed by atoms with Crippen LogP contribution in [0.4, 0.5) is 5.00 Å². The van der Waals surface area contributed by atoms with E-state index in [4.69, 9.17) is 9.47 Å². The van der Waals surface area contributed by atoms with E-state index in [9.17, 15) is 14.4 Å². The van der Waals surface area contributed by atoms with E-state index in [0.717, 1.165) is 49.0 Å². The molecule has 1 aliphatic carbocycles. The van der Waals surface area contributed by atoms with Gasteiger partial charge in [0.15, 0.2) is 0 Å². The molecule has 0 saturated heterocycles. The summed E-state index contributed by atoms with van der Waals surface area (Å²) in [5.41, 5.74) is 1.80. The third-order valence-corrected chi connectivity index (χ3v) is 6.68. The van der Waals surface area contributed by atoms with E-state index >= 15 is 0 Å². The van der Waals surface area contributed by atoms with Crippen LogP contribution in [0, 0.1) is 12.8 Å². The average molecular weight is 444 g/mol. The summed E-state index contributed by atoms with van der Waals surface area (Å²) in [6.07, 6.45) is 5.51. The monoisotopic (exact) mass is 443 g/mol. The van der Waals surface area contributed by atoms with E-state index in [2.05, 4.69) is 5.32 Å². The van der Waals surface area contributed by atoms with Crippen LogP contribution in [0.5, 0.6) is 0 Å². The second kappa shape index (κ2) is 11.1. The van der Waals surface area contributed by atoms with Gasteiger partial charge in [0.1, 0.15) is 9.88 Å². The van der Waals surface area contributed by atoms with Crippen molar-refractivity contribution in [3.8, 4) is 0 Å². The fourth-order valence-corrected chi connectivity index (χ4v) is 4.89. The second-order valence-corrected chi connectivity index (χ2v) is 8.70. The van der Waals surface area contributed by atoms with Gasteiger partial charge in [-0.25, -0.2) is 9.59 Å². The highest BCUT2D eigenvalue weighted by molar-refractivity contribution is 7.18. The Kier molecular flexibility index (Phi) is 8.23. The van der Waals surface area contributed by atoms with Gasteiger partial charge < -0.3 is 14.8 Å². The van der Waals surface area contributed by atoms with Crippen LogP contribution >= 0.6 is 11.3 Å². The Morgan fingerprint density at radius 2 is 1.74 bits per heavy atom. The number of ether oxygens (including phenoxy) is 2. The lowest BCUT2D eigenvalue weighted by Crippen LogP contribution is -2.25. The third kappa shape index (κ3) is 5.94. The summed E-state index contributed by atoms with van der Waals surface area (Å²) in [5, 5.41) is 3.25. The Hall–Kier alpha value is -2.67. The molecular formula is C24H29NO5S. The van der Waals surface area contributed by atoms with Crippen molar-refractivity contribution >= 4 is 34.2 Å². The number of carbonyl (C=O) groups excluding carboxylic acids is 3. The van der Waals surface area contributed by atoms with Gasteiger partial charge in [-0.3, -0.25) is 4.79 Å². The van der Waals surface area contributed by atoms with E-state index in [1.807, 2.05) is 30.3 Å². The third-order valence-electron chi connectivity index (χ3n) is 5.49. The van der Waals surface area contributed by atoms with Gasteiger partial charge in [0.05, 0.1) is 18.8 Å². The van der Waals surface area contributed by atoms with Crippen LogP contribution in [0.15, 0.2) is 30.3 Å². The van der Waals surface area contributed by atoms with Crippen molar-refractivity contribution < 1.29 is 23.9 Å². The van der Waals surface area contributed by atoms with Gasteiger partial charge in [0, 0.05) is 12.3 Å². The number of esters is 2. The molecule has 2 aromatic rings. The summed E-state index contributed by atoms with van der Waals surface area (Å²) < 4.78 is 10.6. The van der Waals surface area contributed by atoms with Crippen molar-refractivity contribution in [1.82, 2.24) is 0 Å². The number of anilines is 1. The van der Waals surface area contributed by atoms with Crippen LogP contribution in [0.1, 0.15) is 70.2 Å². The first-order valence-electron chi connectivity index (χ1n) is 10.8. The van der Waals surface area contributed by atoms with Crippen LogP contribution < -0.4 is 5.32 Å². The minimum atomic E-state index is -0.543. The highest BCUT2D eigenvalue weighted by atomic mass is 32.1. The summed E-state index contributed by atoms with van der Waals surface area (Å²) in [6, 6.07) is 9.76. The number of thiophene rings is 1. The molecule has 1 aromatic heterocycles. The number of benzene rings is 1. The molecule has 0 unspecified atom stereocenters. The Bertz CT molecular complexity index is 916. The van der Waals surface area contributed by atoms with Gasteiger partial charge in [-0.15, -0.1) is 11.3 Å². The Morgan fingerprint density at radius 3 is 2.42 bits per heavy atom. The minimum absolute atomic E-state index is 0.0625. The van der Waals surface area contributed by atoms with Gasteiger partial charge in [-0.2, -0.15) is 0 Å². The molecule has 1 amide bonds. The number of hydrogen-bond donors (Lipinski definition) is 1. The van der Waals surface area contributed by atoms with Gasteiger partial charge in [0.25, 0.3) is 0 Å². The molecule has 1 aromatic carbocycles. The minimum Gasteiger partial charge on any atom is -0.462 e. The highest BCUT2D eigenvalue weighted by Crippen LogP contribution is 2.35. The molecule has 166 valence electrons. The standard InChI is InChI=1S/C24H29NO5S/c1-3-29-23(27)19-16(2)20(24(28)30-15-14-17-10-6-4-7-11-17)31-22(19)25-21(26)18-12-8-5-9-13-18/h4,6-7,10-11,18H,3,5,8-9,12-15H2,1-2H3,(H,25,26). The molecule has 3 rings (SSSR count). The summed E-state index contributed by atoms with van der Waals surface area (Å²) in [4.78, 5) is 38.3. The predicted molar refractivity (Wildman–Crippen MR) is 121 cm³/mol. The van der Waals surface area contributed by atoms with E-state index in [1.54, 1.807) is 13.8 Å². The zero-order chi connectivity index (χ0) is 22.2. The molecule has 0 aliphatic heterocycles. The first kappa shape index (κ1) is 23.0. The van der Waals surface area contributed by atoms with Gasteiger partial charge in [-0.05, 0) is 37.8 Å². The molecule has 0 radical (unpaired) electrons. The molecule has 7 heteroatoms. The lowest BCUT2D eigenvalue weighted by Gasteiger charge is -2.20. The van der Waals surface area contributed by atoms with Gasteiger partial charge in [0.2, 0.25) is 5.91 Å². The number of amides is 1. The SMILES string of the molecule is CCOC(=O)c1c(NC(=O)C2CCCCC2)sc(C(=O)OCCc2ccccc2)c1C. The number of hydrogen-bond acceptors (Lipinski definition) is 6. The quantitative estimate of drug-likeness (QED) is 0.571. The maximum atomic E-state index is 12.7. The number of nitrogens with one attached hydrogen (secondary N) is 1. The van der Waals surface area contributed by atoms with Gasteiger partial charge in [-0.1, -0.05) is 49.6 Å².